The monoisotopic (exact) mass is 265 g/mol. The number of rotatable bonds is 5. The Morgan fingerprint density at radius 3 is 2.29 bits per heavy atom. The number of hydrogen-bond donors (Lipinski definition) is 3. The van der Waals surface area contributed by atoms with Crippen molar-refractivity contribution >= 4 is 23.8 Å². The number of aliphatic hydroxyl groups is 1. The SMILES string of the molecule is CSCC(NC(=O)OC(C)(C)C)C(O)C(=O)O. The van der Waals surface area contributed by atoms with Gasteiger partial charge >= 0.3 is 12.1 Å². The largest absolute Gasteiger partial charge is 0.479 e. The molecule has 0 spiro atoms. The molecule has 0 saturated heterocycles. The van der Waals surface area contributed by atoms with E-state index in [0.29, 0.717) is 0 Å². The molecule has 0 aromatic carbocycles. The van der Waals surface area contributed by atoms with Crippen LogP contribution in [0.15, 0.2) is 0 Å². The van der Waals surface area contributed by atoms with Gasteiger partial charge in [-0.2, -0.15) is 11.8 Å². The molecule has 0 heterocycles. The van der Waals surface area contributed by atoms with E-state index in [4.69, 9.17) is 9.84 Å². The number of nitrogens with one attached hydrogen (secondary N) is 1. The zero-order valence-electron chi connectivity index (χ0n) is 10.4. The highest BCUT2D eigenvalue weighted by Gasteiger charge is 2.28. The van der Waals surface area contributed by atoms with E-state index in [2.05, 4.69) is 5.32 Å². The molecule has 0 aliphatic carbocycles. The predicted octanol–water partition coefficient (Wildman–Crippen LogP) is 0.688. The topological polar surface area (TPSA) is 95.9 Å². The van der Waals surface area contributed by atoms with Crippen LogP contribution in [0, 0.1) is 0 Å². The van der Waals surface area contributed by atoms with Crippen molar-refractivity contribution in [1.82, 2.24) is 5.32 Å². The van der Waals surface area contributed by atoms with Crippen LogP contribution < -0.4 is 5.32 Å². The maximum absolute atomic E-state index is 11.4. The van der Waals surface area contributed by atoms with Gasteiger partial charge < -0.3 is 20.3 Å². The van der Waals surface area contributed by atoms with Crippen molar-refractivity contribution in [3.63, 3.8) is 0 Å². The molecule has 6 nitrogen and oxygen atoms in total. The van der Waals surface area contributed by atoms with E-state index in [9.17, 15) is 14.7 Å². The Kier molecular flexibility index (Phi) is 6.33. The number of ether oxygens (including phenoxy) is 1. The van der Waals surface area contributed by atoms with Crippen LogP contribution in [0.4, 0.5) is 4.79 Å². The summed E-state index contributed by atoms with van der Waals surface area (Å²) in [6.45, 7) is 5.09. The van der Waals surface area contributed by atoms with Crippen molar-refractivity contribution < 1.29 is 24.5 Å². The molecule has 2 unspecified atom stereocenters. The molecule has 0 bridgehead atoms. The Balaban J connectivity index is 4.44. The van der Waals surface area contributed by atoms with E-state index < -0.39 is 29.8 Å². The quantitative estimate of drug-likeness (QED) is 0.677. The number of amides is 1. The molecule has 17 heavy (non-hydrogen) atoms. The van der Waals surface area contributed by atoms with E-state index in [1.807, 2.05) is 0 Å². The predicted molar refractivity (Wildman–Crippen MR) is 65.2 cm³/mol. The minimum Gasteiger partial charge on any atom is -0.479 e. The third kappa shape index (κ3) is 7.06. The molecule has 7 heteroatoms. The maximum Gasteiger partial charge on any atom is 0.408 e. The number of carboxylic acid groups (broad SMARTS) is 1. The number of thioether (sulfide) groups is 1. The van der Waals surface area contributed by atoms with Gasteiger partial charge in [-0.1, -0.05) is 0 Å². The van der Waals surface area contributed by atoms with Crippen LogP contribution in [0.3, 0.4) is 0 Å². The highest BCUT2D eigenvalue weighted by atomic mass is 32.2. The second-order valence-corrected chi connectivity index (χ2v) is 5.40. The summed E-state index contributed by atoms with van der Waals surface area (Å²) in [6, 6.07) is -0.877. The van der Waals surface area contributed by atoms with Crippen LogP contribution in [-0.2, 0) is 9.53 Å². The first-order valence-corrected chi connectivity index (χ1v) is 6.46. The van der Waals surface area contributed by atoms with Crippen LogP contribution in [0.2, 0.25) is 0 Å². The smallest absolute Gasteiger partial charge is 0.408 e. The molecule has 100 valence electrons. The minimum atomic E-state index is -1.64. The Morgan fingerprint density at radius 2 is 1.94 bits per heavy atom. The van der Waals surface area contributed by atoms with E-state index in [-0.39, 0.29) is 5.75 Å². The van der Waals surface area contributed by atoms with Crippen molar-refractivity contribution in [2.24, 2.45) is 0 Å². The molecule has 0 rings (SSSR count). The first-order chi connectivity index (χ1) is 7.67. The van der Waals surface area contributed by atoms with Crippen molar-refractivity contribution in [2.75, 3.05) is 12.0 Å². The van der Waals surface area contributed by atoms with Gasteiger partial charge in [0, 0.05) is 5.75 Å². The van der Waals surface area contributed by atoms with Gasteiger partial charge in [0.1, 0.15) is 5.60 Å². The Hall–Kier alpha value is -0.950. The molecule has 0 aromatic heterocycles. The standard InChI is InChI=1S/C10H19NO5S/c1-10(2,3)16-9(15)11-6(5-17-4)7(12)8(13)14/h6-7,12H,5H2,1-4H3,(H,11,15)(H,13,14). The maximum atomic E-state index is 11.4. The molecule has 0 aliphatic heterocycles. The first kappa shape index (κ1) is 16.1. The average molecular weight is 265 g/mol. The summed E-state index contributed by atoms with van der Waals surface area (Å²) in [7, 11) is 0. The highest BCUT2D eigenvalue weighted by Crippen LogP contribution is 2.09. The number of aliphatic hydroxyl groups excluding tert-OH is 1. The van der Waals surface area contributed by atoms with Crippen LogP contribution in [0.1, 0.15) is 20.8 Å². The number of carbonyl (C=O) groups is 2. The lowest BCUT2D eigenvalue weighted by Gasteiger charge is -2.24. The second-order valence-electron chi connectivity index (χ2n) is 4.49. The molecule has 2 atom stereocenters. The molecule has 0 fully saturated rings. The van der Waals surface area contributed by atoms with Crippen LogP contribution >= 0.6 is 11.8 Å². The lowest BCUT2D eigenvalue weighted by atomic mass is 10.2. The second kappa shape index (κ2) is 6.70. The Labute approximate surface area is 105 Å². The fraction of sp³-hybridized carbons (Fsp3) is 0.800. The van der Waals surface area contributed by atoms with Gasteiger partial charge in [0.05, 0.1) is 6.04 Å². The number of alkyl carbamates (subject to hydrolysis) is 1. The Bertz CT molecular complexity index is 276. The lowest BCUT2D eigenvalue weighted by molar-refractivity contribution is -0.147. The number of aliphatic carboxylic acids is 1. The average Bonchev–Trinajstić information content (AvgIpc) is 2.12. The normalized spacial score (nSPS) is 14.9. The summed E-state index contributed by atoms with van der Waals surface area (Å²) in [5, 5.41) is 20.4. The van der Waals surface area contributed by atoms with Gasteiger partial charge in [0.25, 0.3) is 0 Å². The van der Waals surface area contributed by atoms with Gasteiger partial charge in [-0.25, -0.2) is 9.59 Å². The van der Waals surface area contributed by atoms with Crippen molar-refractivity contribution in [2.45, 2.75) is 38.5 Å². The van der Waals surface area contributed by atoms with Gasteiger partial charge in [-0.15, -0.1) is 0 Å². The molecule has 0 aliphatic rings. The summed E-state index contributed by atoms with van der Waals surface area (Å²) in [6.07, 6.45) is -0.634. The van der Waals surface area contributed by atoms with Crippen LogP contribution in [-0.4, -0.2) is 52.0 Å². The number of hydrogen-bond acceptors (Lipinski definition) is 5. The Morgan fingerprint density at radius 1 is 1.41 bits per heavy atom. The molecule has 0 aromatic rings. The van der Waals surface area contributed by atoms with Crippen molar-refractivity contribution in [3.05, 3.63) is 0 Å². The first-order valence-electron chi connectivity index (χ1n) is 5.06. The molecule has 1 amide bonds. The lowest BCUT2D eigenvalue weighted by Crippen LogP contribution is -2.49. The number of carboxylic acids is 1. The van der Waals surface area contributed by atoms with Crippen LogP contribution in [0.5, 0.6) is 0 Å². The highest BCUT2D eigenvalue weighted by molar-refractivity contribution is 7.98. The summed E-state index contributed by atoms with van der Waals surface area (Å²) < 4.78 is 4.98. The van der Waals surface area contributed by atoms with Gasteiger partial charge in [0.15, 0.2) is 6.10 Å². The zero-order valence-corrected chi connectivity index (χ0v) is 11.2. The fourth-order valence-electron chi connectivity index (χ4n) is 1.02. The summed E-state index contributed by atoms with van der Waals surface area (Å²) >= 11 is 1.32. The molecular weight excluding hydrogens is 246 g/mol. The minimum absolute atomic E-state index is 0.284. The molecular formula is C10H19NO5S. The third-order valence-electron chi connectivity index (χ3n) is 1.68. The van der Waals surface area contributed by atoms with E-state index in [0.717, 1.165) is 0 Å². The fourth-order valence-corrected chi connectivity index (χ4v) is 1.65. The van der Waals surface area contributed by atoms with Crippen molar-refractivity contribution in [3.8, 4) is 0 Å². The van der Waals surface area contributed by atoms with Gasteiger partial charge in [-0.3, -0.25) is 0 Å². The third-order valence-corrected chi connectivity index (χ3v) is 2.37. The summed E-state index contributed by atoms with van der Waals surface area (Å²) in [5.74, 6) is -1.09. The molecule has 0 radical (unpaired) electrons. The zero-order chi connectivity index (χ0) is 13.6. The van der Waals surface area contributed by atoms with E-state index in [1.165, 1.54) is 11.8 Å². The summed E-state index contributed by atoms with van der Waals surface area (Å²) in [5.41, 5.74) is -0.665. The molecule has 3 N–H and O–H groups in total. The van der Waals surface area contributed by atoms with E-state index in [1.54, 1.807) is 27.0 Å². The van der Waals surface area contributed by atoms with Gasteiger partial charge in [0.2, 0.25) is 0 Å². The van der Waals surface area contributed by atoms with Crippen LogP contribution in [0.25, 0.3) is 0 Å². The summed E-state index contributed by atoms with van der Waals surface area (Å²) in [4.78, 5) is 22.1. The van der Waals surface area contributed by atoms with Crippen molar-refractivity contribution in [1.29, 1.82) is 0 Å². The number of carbonyl (C=O) groups excluding carboxylic acids is 1. The van der Waals surface area contributed by atoms with Gasteiger partial charge in [-0.05, 0) is 27.0 Å². The molecule has 0 saturated carbocycles. The van der Waals surface area contributed by atoms with E-state index >= 15 is 0 Å².